The van der Waals surface area contributed by atoms with Crippen LogP contribution in [0.15, 0.2) is 45.2 Å². The van der Waals surface area contributed by atoms with E-state index in [0.29, 0.717) is 16.3 Å². The molecule has 0 atom stereocenters. The van der Waals surface area contributed by atoms with E-state index in [0.717, 1.165) is 40.6 Å². The zero-order valence-corrected chi connectivity index (χ0v) is 17.5. The number of thioether (sulfide) groups is 1. The molecule has 1 aliphatic rings. The standard InChI is InChI=1S/C20H18F2N4O2S2/c21-19(22)25-8-7-23-15(25)11-29-20-24-17-16(13-5-1-2-6-14(13)30-17)18(27)26(20)10-12-4-3-9-28-12/h3-4,7-9,19H,1-2,5-6,10-11H2. The number of alkyl halides is 2. The van der Waals surface area contributed by atoms with Gasteiger partial charge in [0.2, 0.25) is 0 Å². The van der Waals surface area contributed by atoms with Gasteiger partial charge in [0, 0.05) is 17.3 Å². The van der Waals surface area contributed by atoms with Gasteiger partial charge in [-0.2, -0.15) is 8.78 Å². The SMILES string of the molecule is O=c1c2c3c(sc2nc(SCc2nccn2C(F)F)n1Cc1ccco1)CCCC3. The minimum Gasteiger partial charge on any atom is -0.467 e. The van der Waals surface area contributed by atoms with Crippen LogP contribution < -0.4 is 5.56 Å². The number of aryl methyl sites for hydroxylation is 2. The molecule has 156 valence electrons. The molecule has 0 N–H and O–H groups in total. The molecule has 10 heteroatoms. The minimum atomic E-state index is -2.66. The number of furan rings is 1. The lowest BCUT2D eigenvalue weighted by molar-refractivity contribution is 0.0678. The number of aromatic nitrogens is 4. The molecule has 0 aliphatic heterocycles. The third-order valence-electron chi connectivity index (χ3n) is 5.22. The molecule has 30 heavy (non-hydrogen) atoms. The van der Waals surface area contributed by atoms with E-state index in [9.17, 15) is 13.6 Å². The first-order chi connectivity index (χ1) is 14.6. The fourth-order valence-electron chi connectivity index (χ4n) is 3.79. The Balaban J connectivity index is 1.58. The van der Waals surface area contributed by atoms with Crippen LogP contribution in [0.5, 0.6) is 0 Å². The Morgan fingerprint density at radius 3 is 2.97 bits per heavy atom. The third-order valence-corrected chi connectivity index (χ3v) is 7.38. The number of hydrogen-bond donors (Lipinski definition) is 0. The summed E-state index contributed by atoms with van der Waals surface area (Å²) in [6.45, 7) is -2.42. The number of halogens is 2. The van der Waals surface area contributed by atoms with Crippen LogP contribution >= 0.6 is 23.1 Å². The summed E-state index contributed by atoms with van der Waals surface area (Å²) in [4.78, 5) is 24.2. The quantitative estimate of drug-likeness (QED) is 0.311. The van der Waals surface area contributed by atoms with E-state index in [1.54, 1.807) is 34.3 Å². The smallest absolute Gasteiger partial charge is 0.319 e. The summed E-state index contributed by atoms with van der Waals surface area (Å²) < 4.78 is 34.2. The molecule has 0 radical (unpaired) electrons. The highest BCUT2D eigenvalue weighted by atomic mass is 32.2. The molecule has 0 fully saturated rings. The number of rotatable bonds is 6. The van der Waals surface area contributed by atoms with Gasteiger partial charge in [0.15, 0.2) is 5.16 Å². The Morgan fingerprint density at radius 1 is 1.30 bits per heavy atom. The van der Waals surface area contributed by atoms with E-state index >= 15 is 0 Å². The average Bonchev–Trinajstić information content (AvgIpc) is 3.48. The van der Waals surface area contributed by atoms with Gasteiger partial charge in [-0.15, -0.1) is 11.3 Å². The fourth-order valence-corrected chi connectivity index (χ4v) is 6.04. The zero-order chi connectivity index (χ0) is 20.7. The van der Waals surface area contributed by atoms with Crippen molar-refractivity contribution in [1.29, 1.82) is 0 Å². The molecule has 0 aromatic carbocycles. The molecule has 0 unspecified atom stereocenters. The topological polar surface area (TPSA) is 65.8 Å². The molecule has 1 aliphatic carbocycles. The third kappa shape index (κ3) is 3.47. The number of nitrogens with zero attached hydrogens (tertiary/aromatic N) is 4. The Kier molecular flexibility index (Phi) is 5.20. The summed E-state index contributed by atoms with van der Waals surface area (Å²) in [5.74, 6) is 1.05. The van der Waals surface area contributed by atoms with Crippen molar-refractivity contribution in [3.8, 4) is 0 Å². The van der Waals surface area contributed by atoms with Crippen molar-refractivity contribution in [2.45, 2.75) is 49.7 Å². The Labute approximate surface area is 178 Å². The van der Waals surface area contributed by atoms with Gasteiger partial charge in [-0.05, 0) is 43.4 Å². The predicted molar refractivity (Wildman–Crippen MR) is 111 cm³/mol. The van der Waals surface area contributed by atoms with Crippen LogP contribution in [0, 0.1) is 0 Å². The number of imidazole rings is 1. The lowest BCUT2D eigenvalue weighted by Gasteiger charge is -2.13. The highest BCUT2D eigenvalue weighted by Crippen LogP contribution is 2.35. The first-order valence-corrected chi connectivity index (χ1v) is 11.4. The second-order valence-electron chi connectivity index (χ2n) is 7.07. The molecule has 0 saturated carbocycles. The van der Waals surface area contributed by atoms with Crippen LogP contribution in [0.2, 0.25) is 0 Å². The van der Waals surface area contributed by atoms with Gasteiger partial charge in [0.05, 0.1) is 23.9 Å². The Hall–Kier alpha value is -2.46. The maximum Gasteiger partial charge on any atom is 0.319 e. The zero-order valence-electron chi connectivity index (χ0n) is 15.9. The van der Waals surface area contributed by atoms with E-state index in [4.69, 9.17) is 9.40 Å². The van der Waals surface area contributed by atoms with Crippen LogP contribution in [0.1, 0.15) is 41.4 Å². The first kappa shape index (κ1) is 19.5. The molecule has 4 heterocycles. The van der Waals surface area contributed by atoms with Gasteiger partial charge < -0.3 is 4.42 Å². The average molecular weight is 449 g/mol. The lowest BCUT2D eigenvalue weighted by atomic mass is 9.97. The van der Waals surface area contributed by atoms with Gasteiger partial charge in [-0.1, -0.05) is 11.8 Å². The molecule has 5 rings (SSSR count). The van der Waals surface area contributed by atoms with Crippen molar-refractivity contribution < 1.29 is 13.2 Å². The summed E-state index contributed by atoms with van der Waals surface area (Å²) >= 11 is 2.81. The number of fused-ring (bicyclic) bond motifs is 3. The van der Waals surface area contributed by atoms with Gasteiger partial charge in [0.25, 0.3) is 5.56 Å². The minimum absolute atomic E-state index is 0.101. The van der Waals surface area contributed by atoms with Crippen molar-refractivity contribution in [2.75, 3.05) is 0 Å². The van der Waals surface area contributed by atoms with Gasteiger partial charge in [-0.25, -0.2) is 9.97 Å². The number of thiophene rings is 1. The van der Waals surface area contributed by atoms with Crippen molar-refractivity contribution in [1.82, 2.24) is 19.1 Å². The summed E-state index contributed by atoms with van der Waals surface area (Å²) in [6.07, 6.45) is 8.22. The van der Waals surface area contributed by atoms with Crippen molar-refractivity contribution >= 4 is 33.3 Å². The molecular weight excluding hydrogens is 430 g/mol. The largest absolute Gasteiger partial charge is 0.467 e. The first-order valence-electron chi connectivity index (χ1n) is 9.62. The second kappa shape index (κ2) is 7.99. The van der Waals surface area contributed by atoms with Gasteiger partial charge in [-0.3, -0.25) is 13.9 Å². The lowest BCUT2D eigenvalue weighted by Crippen LogP contribution is -2.24. The predicted octanol–water partition coefficient (Wildman–Crippen LogP) is 4.86. The van der Waals surface area contributed by atoms with Crippen LogP contribution in [0.25, 0.3) is 10.2 Å². The number of hydrogen-bond acceptors (Lipinski definition) is 6. The molecular formula is C20H18F2N4O2S2. The molecule has 0 bridgehead atoms. The summed E-state index contributed by atoms with van der Waals surface area (Å²) in [5.41, 5.74) is 1.02. The molecule has 4 aromatic rings. The van der Waals surface area contributed by atoms with Gasteiger partial charge in [0.1, 0.15) is 16.4 Å². The summed E-state index contributed by atoms with van der Waals surface area (Å²) in [7, 11) is 0. The van der Waals surface area contributed by atoms with E-state index < -0.39 is 6.55 Å². The van der Waals surface area contributed by atoms with Crippen LogP contribution in [0.4, 0.5) is 8.78 Å². The fraction of sp³-hybridized carbons (Fsp3) is 0.350. The molecule has 4 aromatic heterocycles. The highest BCUT2D eigenvalue weighted by Gasteiger charge is 2.23. The maximum absolute atomic E-state index is 13.5. The maximum atomic E-state index is 13.5. The van der Waals surface area contributed by atoms with E-state index in [2.05, 4.69) is 4.98 Å². The molecule has 0 saturated heterocycles. The Bertz CT molecular complexity index is 1240. The monoisotopic (exact) mass is 448 g/mol. The van der Waals surface area contributed by atoms with Crippen LogP contribution in [0.3, 0.4) is 0 Å². The van der Waals surface area contributed by atoms with Crippen LogP contribution in [-0.4, -0.2) is 19.1 Å². The van der Waals surface area contributed by atoms with Crippen molar-refractivity contribution in [2.24, 2.45) is 0 Å². The van der Waals surface area contributed by atoms with Crippen molar-refractivity contribution in [3.63, 3.8) is 0 Å². The van der Waals surface area contributed by atoms with Gasteiger partial charge >= 0.3 is 6.55 Å². The summed E-state index contributed by atoms with van der Waals surface area (Å²) in [6, 6.07) is 3.57. The molecule has 6 nitrogen and oxygen atoms in total. The van der Waals surface area contributed by atoms with E-state index in [1.807, 2.05) is 0 Å². The normalized spacial score (nSPS) is 14.0. The van der Waals surface area contributed by atoms with E-state index in [-0.39, 0.29) is 23.7 Å². The summed E-state index contributed by atoms with van der Waals surface area (Å²) in [5, 5.41) is 1.17. The second-order valence-corrected chi connectivity index (χ2v) is 9.10. The van der Waals surface area contributed by atoms with E-state index in [1.165, 1.54) is 29.0 Å². The van der Waals surface area contributed by atoms with Crippen molar-refractivity contribution in [3.05, 3.63) is 63.2 Å². The highest BCUT2D eigenvalue weighted by molar-refractivity contribution is 7.98. The molecule has 0 spiro atoms. The van der Waals surface area contributed by atoms with Crippen LogP contribution in [-0.2, 0) is 25.1 Å². The Morgan fingerprint density at radius 2 is 2.17 bits per heavy atom. The molecule has 0 amide bonds.